The Morgan fingerprint density at radius 1 is 1.23 bits per heavy atom. The molecule has 0 aliphatic heterocycles. The number of methoxy groups -OCH3 is 1. The summed E-state index contributed by atoms with van der Waals surface area (Å²) in [5.41, 5.74) is 2.37. The molecule has 1 aromatic rings. The summed E-state index contributed by atoms with van der Waals surface area (Å²) < 4.78 is 10.5. The zero-order valence-electron chi connectivity index (χ0n) is 8.46. The summed E-state index contributed by atoms with van der Waals surface area (Å²) in [6, 6.07) is 6.12. The molecule has 0 saturated heterocycles. The fourth-order valence-electron chi connectivity index (χ4n) is 1.25. The second-order valence-electron chi connectivity index (χ2n) is 3.00. The minimum Gasteiger partial charge on any atom is -0.497 e. The fourth-order valence-corrected chi connectivity index (χ4v) is 1.25. The Bertz CT molecular complexity index is 269. The Morgan fingerprint density at radius 3 is 2.62 bits per heavy atom. The highest BCUT2D eigenvalue weighted by Gasteiger charge is 1.97. The van der Waals surface area contributed by atoms with Crippen LogP contribution < -0.4 is 4.74 Å². The van der Waals surface area contributed by atoms with Crippen LogP contribution in [0.3, 0.4) is 0 Å². The third-order valence-corrected chi connectivity index (χ3v) is 1.82. The quantitative estimate of drug-likeness (QED) is 0.709. The molecule has 2 nitrogen and oxygen atoms in total. The van der Waals surface area contributed by atoms with Crippen molar-refractivity contribution in [2.24, 2.45) is 0 Å². The minimum atomic E-state index is 0.661. The van der Waals surface area contributed by atoms with E-state index in [1.54, 1.807) is 7.11 Å². The average Bonchev–Trinajstić information content (AvgIpc) is 2.14. The van der Waals surface area contributed by atoms with Gasteiger partial charge >= 0.3 is 0 Å². The summed E-state index contributed by atoms with van der Waals surface area (Å²) in [5.74, 6) is 0.898. The van der Waals surface area contributed by atoms with Crippen LogP contribution in [0.25, 0.3) is 0 Å². The third kappa shape index (κ3) is 3.07. The summed E-state index contributed by atoms with van der Waals surface area (Å²) in [5, 5.41) is 0. The van der Waals surface area contributed by atoms with E-state index < -0.39 is 0 Å². The van der Waals surface area contributed by atoms with Gasteiger partial charge in [-0.05, 0) is 37.1 Å². The van der Waals surface area contributed by atoms with Crippen LogP contribution in [-0.4, -0.2) is 13.7 Å². The molecule has 0 saturated carbocycles. The van der Waals surface area contributed by atoms with Gasteiger partial charge in [0.05, 0.1) is 13.7 Å². The van der Waals surface area contributed by atoms with Crippen LogP contribution in [-0.2, 0) is 11.3 Å². The predicted octanol–water partition coefficient (Wildman–Crippen LogP) is 2.54. The van der Waals surface area contributed by atoms with Gasteiger partial charge in [-0.3, -0.25) is 0 Å². The van der Waals surface area contributed by atoms with E-state index in [9.17, 15) is 0 Å². The van der Waals surface area contributed by atoms with Gasteiger partial charge in [0.1, 0.15) is 5.75 Å². The normalized spacial score (nSPS) is 10.1. The molecule has 0 N–H and O–H groups in total. The molecule has 13 heavy (non-hydrogen) atoms. The predicted molar refractivity (Wildman–Crippen MR) is 53.1 cm³/mol. The first-order chi connectivity index (χ1) is 6.26. The number of aryl methyl sites for hydroxylation is 1. The lowest BCUT2D eigenvalue weighted by Crippen LogP contribution is -1.93. The molecular weight excluding hydrogens is 164 g/mol. The van der Waals surface area contributed by atoms with Gasteiger partial charge in [0.15, 0.2) is 0 Å². The summed E-state index contributed by atoms with van der Waals surface area (Å²) in [6.45, 7) is 5.45. The molecule has 2 heteroatoms. The standard InChI is InChI=1S/C11H16O2/c1-4-13-8-10-5-9(2)6-11(7-10)12-3/h5-7H,4,8H2,1-3H3. The molecule has 0 spiro atoms. The smallest absolute Gasteiger partial charge is 0.119 e. The molecule has 0 amide bonds. The van der Waals surface area contributed by atoms with E-state index in [2.05, 4.69) is 13.0 Å². The van der Waals surface area contributed by atoms with Crippen LogP contribution in [0.2, 0.25) is 0 Å². The molecule has 0 radical (unpaired) electrons. The Kier molecular flexibility index (Phi) is 3.77. The first-order valence-corrected chi connectivity index (χ1v) is 4.48. The summed E-state index contributed by atoms with van der Waals surface area (Å²) in [4.78, 5) is 0. The van der Waals surface area contributed by atoms with Crippen molar-refractivity contribution < 1.29 is 9.47 Å². The van der Waals surface area contributed by atoms with Gasteiger partial charge in [-0.2, -0.15) is 0 Å². The first kappa shape index (κ1) is 10.1. The Balaban J connectivity index is 2.76. The largest absolute Gasteiger partial charge is 0.497 e. The van der Waals surface area contributed by atoms with E-state index in [1.807, 2.05) is 19.1 Å². The molecule has 0 heterocycles. The Hall–Kier alpha value is -1.02. The maximum atomic E-state index is 5.32. The van der Waals surface area contributed by atoms with Crippen molar-refractivity contribution >= 4 is 0 Å². The number of ether oxygens (including phenoxy) is 2. The molecule has 0 atom stereocenters. The molecule has 1 rings (SSSR count). The van der Waals surface area contributed by atoms with E-state index in [1.165, 1.54) is 11.1 Å². The second kappa shape index (κ2) is 4.87. The highest BCUT2D eigenvalue weighted by atomic mass is 16.5. The molecule has 0 fully saturated rings. The second-order valence-corrected chi connectivity index (χ2v) is 3.00. The summed E-state index contributed by atoms with van der Waals surface area (Å²) in [6.07, 6.45) is 0. The topological polar surface area (TPSA) is 18.5 Å². The molecular formula is C11H16O2. The van der Waals surface area contributed by atoms with E-state index in [0.717, 1.165) is 12.4 Å². The molecule has 0 bridgehead atoms. The number of hydrogen-bond donors (Lipinski definition) is 0. The minimum absolute atomic E-state index is 0.661. The maximum Gasteiger partial charge on any atom is 0.119 e. The lowest BCUT2D eigenvalue weighted by molar-refractivity contribution is 0.134. The van der Waals surface area contributed by atoms with Gasteiger partial charge in [0.2, 0.25) is 0 Å². The summed E-state index contributed by atoms with van der Waals surface area (Å²) in [7, 11) is 1.68. The Labute approximate surface area is 79.5 Å². The molecule has 0 unspecified atom stereocenters. The van der Waals surface area contributed by atoms with Crippen LogP contribution in [0.5, 0.6) is 5.75 Å². The number of rotatable bonds is 4. The van der Waals surface area contributed by atoms with Crippen LogP contribution in [0.4, 0.5) is 0 Å². The van der Waals surface area contributed by atoms with Gasteiger partial charge in [0, 0.05) is 6.61 Å². The van der Waals surface area contributed by atoms with E-state index in [0.29, 0.717) is 6.61 Å². The van der Waals surface area contributed by atoms with Crippen molar-refractivity contribution in [3.63, 3.8) is 0 Å². The zero-order valence-corrected chi connectivity index (χ0v) is 8.46. The van der Waals surface area contributed by atoms with E-state index >= 15 is 0 Å². The highest BCUT2D eigenvalue weighted by Crippen LogP contribution is 2.16. The van der Waals surface area contributed by atoms with Crippen molar-refractivity contribution in [3.05, 3.63) is 29.3 Å². The number of hydrogen-bond acceptors (Lipinski definition) is 2. The molecule has 72 valence electrons. The van der Waals surface area contributed by atoms with E-state index in [4.69, 9.17) is 9.47 Å². The maximum absolute atomic E-state index is 5.32. The van der Waals surface area contributed by atoms with Crippen molar-refractivity contribution in [1.29, 1.82) is 0 Å². The van der Waals surface area contributed by atoms with Crippen molar-refractivity contribution in [2.75, 3.05) is 13.7 Å². The summed E-state index contributed by atoms with van der Waals surface area (Å²) >= 11 is 0. The molecule has 1 aromatic carbocycles. The monoisotopic (exact) mass is 180 g/mol. The lowest BCUT2D eigenvalue weighted by atomic mass is 10.1. The average molecular weight is 180 g/mol. The zero-order chi connectivity index (χ0) is 9.68. The third-order valence-electron chi connectivity index (χ3n) is 1.82. The van der Waals surface area contributed by atoms with Crippen molar-refractivity contribution in [2.45, 2.75) is 20.5 Å². The van der Waals surface area contributed by atoms with Gasteiger partial charge in [-0.1, -0.05) is 6.07 Å². The van der Waals surface area contributed by atoms with E-state index in [-0.39, 0.29) is 0 Å². The number of benzene rings is 1. The molecule has 0 aliphatic rings. The Morgan fingerprint density at radius 2 is 2.00 bits per heavy atom. The SMILES string of the molecule is CCOCc1cc(C)cc(OC)c1. The van der Waals surface area contributed by atoms with Gasteiger partial charge in [0.25, 0.3) is 0 Å². The van der Waals surface area contributed by atoms with Crippen LogP contribution in [0.15, 0.2) is 18.2 Å². The van der Waals surface area contributed by atoms with Crippen LogP contribution >= 0.6 is 0 Å². The van der Waals surface area contributed by atoms with Crippen LogP contribution in [0.1, 0.15) is 18.1 Å². The van der Waals surface area contributed by atoms with Crippen molar-refractivity contribution in [1.82, 2.24) is 0 Å². The lowest BCUT2D eigenvalue weighted by Gasteiger charge is -2.06. The van der Waals surface area contributed by atoms with Crippen molar-refractivity contribution in [3.8, 4) is 5.75 Å². The fraction of sp³-hybridized carbons (Fsp3) is 0.455. The highest BCUT2D eigenvalue weighted by molar-refractivity contribution is 5.33. The van der Waals surface area contributed by atoms with Gasteiger partial charge < -0.3 is 9.47 Å². The molecule has 0 aliphatic carbocycles. The van der Waals surface area contributed by atoms with Gasteiger partial charge in [-0.25, -0.2) is 0 Å². The first-order valence-electron chi connectivity index (χ1n) is 4.48. The van der Waals surface area contributed by atoms with Gasteiger partial charge in [-0.15, -0.1) is 0 Å². The molecule has 0 aromatic heterocycles. The van der Waals surface area contributed by atoms with Crippen LogP contribution in [0, 0.1) is 6.92 Å².